The van der Waals surface area contributed by atoms with E-state index in [-0.39, 0.29) is 6.61 Å². The molecule has 0 aromatic heterocycles. The van der Waals surface area contributed by atoms with Gasteiger partial charge in [-0.1, -0.05) is 6.92 Å². The van der Waals surface area contributed by atoms with E-state index in [2.05, 4.69) is 11.8 Å². The molecule has 0 rings (SSSR count). The van der Waals surface area contributed by atoms with Crippen molar-refractivity contribution in [2.75, 3.05) is 6.61 Å². The standard InChI is InChI=1S/C5H10FO/c1-3-5(6)4-7-2/h5H,2-4H2,1H3. The summed E-state index contributed by atoms with van der Waals surface area (Å²) < 4.78 is 16.2. The van der Waals surface area contributed by atoms with Gasteiger partial charge in [-0.25, -0.2) is 4.39 Å². The van der Waals surface area contributed by atoms with Crippen LogP contribution in [0.1, 0.15) is 13.3 Å². The maximum absolute atomic E-state index is 12.0. The molecule has 0 aromatic rings. The summed E-state index contributed by atoms with van der Waals surface area (Å²) in [5, 5.41) is 0. The van der Waals surface area contributed by atoms with Crippen LogP contribution < -0.4 is 0 Å². The van der Waals surface area contributed by atoms with Gasteiger partial charge < -0.3 is 4.74 Å². The number of halogens is 1. The highest BCUT2D eigenvalue weighted by molar-refractivity contribution is 4.47. The first-order valence-corrected chi connectivity index (χ1v) is 2.32. The van der Waals surface area contributed by atoms with E-state index in [0.29, 0.717) is 6.42 Å². The Hall–Kier alpha value is -0.110. The molecule has 0 aliphatic carbocycles. The second-order valence-electron chi connectivity index (χ2n) is 1.38. The Bertz CT molecular complexity index is 39.1. The highest BCUT2D eigenvalue weighted by Gasteiger charge is 1.98. The van der Waals surface area contributed by atoms with Gasteiger partial charge in [0.2, 0.25) is 0 Å². The fraction of sp³-hybridized carbons (Fsp3) is 0.800. The Morgan fingerprint density at radius 2 is 2.43 bits per heavy atom. The third kappa shape index (κ3) is 3.73. The summed E-state index contributed by atoms with van der Waals surface area (Å²) in [7, 11) is 3.03. The molecule has 2 heteroatoms. The number of alkyl halides is 1. The quantitative estimate of drug-likeness (QED) is 0.529. The van der Waals surface area contributed by atoms with Crippen molar-refractivity contribution in [1.29, 1.82) is 0 Å². The third-order valence-electron chi connectivity index (χ3n) is 0.742. The highest BCUT2D eigenvalue weighted by atomic mass is 19.1. The molecule has 0 amide bonds. The number of hydrogen-bond donors (Lipinski definition) is 0. The molecule has 0 saturated heterocycles. The van der Waals surface area contributed by atoms with Gasteiger partial charge in [-0.15, -0.1) is 0 Å². The van der Waals surface area contributed by atoms with E-state index in [0.717, 1.165) is 0 Å². The molecule has 0 N–H and O–H groups in total. The smallest absolute Gasteiger partial charge is 0.123 e. The summed E-state index contributed by atoms with van der Waals surface area (Å²) in [5.41, 5.74) is 0. The molecule has 0 aliphatic rings. The molecule has 0 heterocycles. The van der Waals surface area contributed by atoms with Crippen molar-refractivity contribution in [3.05, 3.63) is 7.11 Å². The molecule has 0 spiro atoms. The third-order valence-corrected chi connectivity index (χ3v) is 0.742. The van der Waals surface area contributed by atoms with Crippen LogP contribution in [0.4, 0.5) is 4.39 Å². The van der Waals surface area contributed by atoms with E-state index >= 15 is 0 Å². The zero-order chi connectivity index (χ0) is 5.70. The molecule has 0 aliphatic heterocycles. The summed E-state index contributed by atoms with van der Waals surface area (Å²) in [5.74, 6) is 0. The first kappa shape index (κ1) is 6.89. The van der Waals surface area contributed by atoms with E-state index in [1.54, 1.807) is 6.92 Å². The first-order chi connectivity index (χ1) is 3.31. The van der Waals surface area contributed by atoms with Crippen molar-refractivity contribution in [3.8, 4) is 0 Å². The Labute approximate surface area is 43.5 Å². The second kappa shape index (κ2) is 4.06. The van der Waals surface area contributed by atoms with E-state index < -0.39 is 6.17 Å². The summed E-state index contributed by atoms with van der Waals surface area (Å²) in [6.45, 7) is 1.89. The van der Waals surface area contributed by atoms with Crippen LogP contribution in [-0.4, -0.2) is 12.8 Å². The van der Waals surface area contributed by atoms with Crippen LogP contribution in [0.3, 0.4) is 0 Å². The van der Waals surface area contributed by atoms with Gasteiger partial charge in [0, 0.05) is 0 Å². The van der Waals surface area contributed by atoms with Crippen molar-refractivity contribution in [3.63, 3.8) is 0 Å². The van der Waals surface area contributed by atoms with Crippen LogP contribution in [-0.2, 0) is 4.74 Å². The fourth-order valence-corrected chi connectivity index (χ4v) is 0.246. The largest absolute Gasteiger partial charge is 0.376 e. The molecule has 1 unspecified atom stereocenters. The predicted octanol–water partition coefficient (Wildman–Crippen LogP) is 1.54. The van der Waals surface area contributed by atoms with Gasteiger partial charge in [-0.2, -0.15) is 0 Å². The lowest BCUT2D eigenvalue weighted by Gasteiger charge is -1.99. The molecule has 0 aromatic carbocycles. The van der Waals surface area contributed by atoms with Crippen LogP contribution >= 0.6 is 0 Å². The lowest BCUT2D eigenvalue weighted by Crippen LogP contribution is -2.04. The van der Waals surface area contributed by atoms with Crippen molar-refractivity contribution >= 4 is 0 Å². The minimum atomic E-state index is -0.836. The monoisotopic (exact) mass is 105 g/mol. The summed E-state index contributed by atoms with van der Waals surface area (Å²) in [6.07, 6.45) is -0.326. The van der Waals surface area contributed by atoms with Crippen LogP contribution in [0, 0.1) is 7.11 Å². The van der Waals surface area contributed by atoms with E-state index in [9.17, 15) is 4.39 Å². The van der Waals surface area contributed by atoms with Gasteiger partial charge >= 0.3 is 0 Å². The Kier molecular flexibility index (Phi) is 4.00. The van der Waals surface area contributed by atoms with Crippen molar-refractivity contribution in [1.82, 2.24) is 0 Å². The number of hydrogen-bond acceptors (Lipinski definition) is 1. The van der Waals surface area contributed by atoms with Gasteiger partial charge in [0.15, 0.2) is 0 Å². The van der Waals surface area contributed by atoms with Crippen LogP contribution in [0.5, 0.6) is 0 Å². The zero-order valence-electron chi connectivity index (χ0n) is 4.48. The van der Waals surface area contributed by atoms with Crippen LogP contribution in [0.15, 0.2) is 0 Å². The molecule has 43 valence electrons. The topological polar surface area (TPSA) is 9.23 Å². The van der Waals surface area contributed by atoms with Crippen molar-refractivity contribution in [2.45, 2.75) is 19.5 Å². The van der Waals surface area contributed by atoms with Gasteiger partial charge in [0.1, 0.15) is 6.17 Å². The molecule has 7 heavy (non-hydrogen) atoms. The molecule has 0 bridgehead atoms. The van der Waals surface area contributed by atoms with Gasteiger partial charge in [0.25, 0.3) is 0 Å². The first-order valence-electron chi connectivity index (χ1n) is 2.32. The SMILES string of the molecule is [CH2]OCC(F)CC. The normalized spacial score (nSPS) is 14.1. The van der Waals surface area contributed by atoms with Gasteiger partial charge in [0.05, 0.1) is 13.7 Å². The second-order valence-corrected chi connectivity index (χ2v) is 1.38. The van der Waals surface area contributed by atoms with Gasteiger partial charge in [-0.05, 0) is 6.42 Å². The average molecular weight is 105 g/mol. The number of ether oxygens (including phenoxy) is 1. The molecule has 0 saturated carbocycles. The average Bonchev–Trinajstić information content (AvgIpc) is 1.68. The maximum Gasteiger partial charge on any atom is 0.123 e. The lowest BCUT2D eigenvalue weighted by molar-refractivity contribution is 0.148. The minimum Gasteiger partial charge on any atom is -0.376 e. The number of rotatable bonds is 3. The van der Waals surface area contributed by atoms with Gasteiger partial charge in [-0.3, -0.25) is 0 Å². The molecular formula is C5H10FO. The maximum atomic E-state index is 12.0. The molecule has 0 fully saturated rings. The Morgan fingerprint density at radius 1 is 1.86 bits per heavy atom. The Morgan fingerprint density at radius 3 is 2.57 bits per heavy atom. The zero-order valence-corrected chi connectivity index (χ0v) is 4.48. The fourth-order valence-electron chi connectivity index (χ4n) is 0.246. The summed E-state index contributed by atoms with van der Waals surface area (Å²) in [6, 6.07) is 0. The van der Waals surface area contributed by atoms with E-state index in [1.807, 2.05) is 0 Å². The highest BCUT2D eigenvalue weighted by Crippen LogP contribution is 1.94. The van der Waals surface area contributed by atoms with E-state index in [4.69, 9.17) is 0 Å². The van der Waals surface area contributed by atoms with Crippen molar-refractivity contribution in [2.24, 2.45) is 0 Å². The minimum absolute atomic E-state index is 0.122. The van der Waals surface area contributed by atoms with Crippen LogP contribution in [0.2, 0.25) is 0 Å². The van der Waals surface area contributed by atoms with Crippen molar-refractivity contribution < 1.29 is 9.13 Å². The summed E-state index contributed by atoms with van der Waals surface area (Å²) >= 11 is 0. The summed E-state index contributed by atoms with van der Waals surface area (Å²) in [4.78, 5) is 0. The van der Waals surface area contributed by atoms with E-state index in [1.165, 1.54) is 0 Å². The molecule has 1 radical (unpaired) electrons. The molecule has 1 atom stereocenters. The molecular weight excluding hydrogens is 95.1 g/mol. The van der Waals surface area contributed by atoms with Crippen LogP contribution in [0.25, 0.3) is 0 Å². The lowest BCUT2D eigenvalue weighted by atomic mass is 10.3. The molecule has 1 nitrogen and oxygen atoms in total. The predicted molar refractivity (Wildman–Crippen MR) is 26.5 cm³/mol. The Balaban J connectivity index is 2.83.